The molecule has 0 saturated carbocycles. The van der Waals surface area contributed by atoms with Gasteiger partial charge < -0.3 is 34.1 Å². The Morgan fingerprint density at radius 1 is 0.814 bits per heavy atom. The van der Waals surface area contributed by atoms with Crippen LogP contribution in [0, 0.1) is 0 Å². The normalized spacial score (nSPS) is 16.7. The fourth-order valence-corrected chi connectivity index (χ4v) is 6.32. The number of hydrogen-bond donors (Lipinski definition) is 1. The van der Waals surface area contributed by atoms with Crippen LogP contribution in [0.25, 0.3) is 0 Å². The largest absolute Gasteiger partial charge is 0.495 e. The first kappa shape index (κ1) is 31.5. The van der Waals surface area contributed by atoms with Crippen LogP contribution < -0.4 is 29.2 Å². The molecule has 1 aromatic heterocycles. The van der Waals surface area contributed by atoms with Gasteiger partial charge in [0.25, 0.3) is 0 Å². The Labute approximate surface area is 267 Å². The first-order valence-corrected chi connectivity index (χ1v) is 15.3. The van der Waals surface area contributed by atoms with E-state index in [0.717, 1.165) is 63.5 Å². The van der Waals surface area contributed by atoms with Gasteiger partial charge in [0.1, 0.15) is 23.9 Å². The summed E-state index contributed by atoms with van der Waals surface area (Å²) in [6.45, 7) is 6.55. The van der Waals surface area contributed by atoms with Crippen molar-refractivity contribution in [3.05, 3.63) is 51.2 Å². The Hall–Kier alpha value is -2.89. The van der Waals surface area contributed by atoms with Crippen molar-refractivity contribution >= 4 is 52.1 Å². The maximum Gasteiger partial charge on any atom is 0.227 e. The number of anilines is 3. The highest BCUT2D eigenvalue weighted by Gasteiger charge is 2.28. The number of methoxy groups -OCH3 is 3. The summed E-state index contributed by atoms with van der Waals surface area (Å²) in [7, 11) is 6.91. The number of aromatic nitrogens is 2. The molecule has 13 heteroatoms. The Bertz CT molecular complexity index is 1370. The topological polar surface area (TPSA) is 84.4 Å². The quantitative estimate of drug-likeness (QED) is 0.282. The lowest BCUT2D eigenvalue weighted by atomic mass is 10.0. The minimum atomic E-state index is 0.0679. The van der Waals surface area contributed by atoms with E-state index in [9.17, 15) is 0 Å². The number of hydrogen-bond acceptors (Lipinski definition) is 10. The molecule has 10 nitrogen and oxygen atoms in total. The van der Waals surface area contributed by atoms with Crippen molar-refractivity contribution in [2.24, 2.45) is 0 Å². The van der Waals surface area contributed by atoms with Crippen LogP contribution in [0.4, 0.5) is 17.3 Å². The highest BCUT2D eigenvalue weighted by Crippen LogP contribution is 2.41. The van der Waals surface area contributed by atoms with E-state index in [4.69, 9.17) is 53.8 Å². The number of halogens is 3. The van der Waals surface area contributed by atoms with Crippen molar-refractivity contribution < 1.29 is 18.9 Å². The number of nitrogens with zero attached hydrogens (tertiary/aromatic N) is 5. The molecule has 232 valence electrons. The lowest BCUT2D eigenvalue weighted by Crippen LogP contribution is -2.52. The van der Waals surface area contributed by atoms with E-state index in [1.165, 1.54) is 14.2 Å². The van der Waals surface area contributed by atoms with Gasteiger partial charge in [0.05, 0.1) is 60.2 Å². The van der Waals surface area contributed by atoms with Crippen LogP contribution in [0.3, 0.4) is 0 Å². The molecule has 5 rings (SSSR count). The first-order valence-electron chi connectivity index (χ1n) is 14.2. The summed E-state index contributed by atoms with van der Waals surface area (Å²) in [5.74, 6) is 2.40. The van der Waals surface area contributed by atoms with Crippen LogP contribution in [0.15, 0.2) is 30.6 Å². The molecule has 0 aliphatic carbocycles. The van der Waals surface area contributed by atoms with Crippen molar-refractivity contribution in [1.82, 2.24) is 19.8 Å². The fourth-order valence-electron chi connectivity index (χ4n) is 5.50. The molecule has 2 aliphatic heterocycles. The van der Waals surface area contributed by atoms with Gasteiger partial charge in [-0.15, -0.1) is 0 Å². The summed E-state index contributed by atoms with van der Waals surface area (Å²) in [5.41, 5.74) is 2.17. The summed E-state index contributed by atoms with van der Waals surface area (Å²) in [5, 5.41) is 4.43. The predicted octanol–water partition coefficient (Wildman–Crippen LogP) is 6.00. The maximum atomic E-state index is 6.74. The van der Waals surface area contributed by atoms with E-state index < -0.39 is 0 Å². The predicted molar refractivity (Wildman–Crippen MR) is 172 cm³/mol. The lowest BCUT2D eigenvalue weighted by molar-refractivity contribution is 0.0981. The number of likely N-dealkylation sites (N-methyl/N-ethyl adjacent to an activating group) is 1. The molecule has 0 amide bonds. The van der Waals surface area contributed by atoms with E-state index in [2.05, 4.69) is 37.0 Å². The zero-order valence-corrected chi connectivity index (χ0v) is 27.1. The van der Waals surface area contributed by atoms with Gasteiger partial charge in [0.15, 0.2) is 5.75 Å². The van der Waals surface area contributed by atoms with Crippen LogP contribution in [-0.2, 0) is 6.61 Å². The van der Waals surface area contributed by atoms with Crippen LogP contribution in [0.5, 0.6) is 23.0 Å². The Balaban J connectivity index is 1.21. The van der Waals surface area contributed by atoms with E-state index in [0.29, 0.717) is 55.6 Å². The third-order valence-electron chi connectivity index (χ3n) is 8.05. The van der Waals surface area contributed by atoms with Crippen molar-refractivity contribution in [2.75, 3.05) is 77.9 Å². The van der Waals surface area contributed by atoms with Crippen LogP contribution in [-0.4, -0.2) is 93.5 Å². The molecule has 1 N–H and O–H groups in total. The molecule has 0 radical (unpaired) electrons. The van der Waals surface area contributed by atoms with E-state index in [1.54, 1.807) is 25.6 Å². The summed E-state index contributed by atoms with van der Waals surface area (Å²) in [6, 6.07) is 6.09. The number of piperazine rings is 1. The second-order valence-electron chi connectivity index (χ2n) is 10.6. The van der Waals surface area contributed by atoms with Crippen molar-refractivity contribution in [2.45, 2.75) is 25.5 Å². The molecule has 0 unspecified atom stereocenters. The number of ether oxygens (including phenoxy) is 4. The smallest absolute Gasteiger partial charge is 0.227 e. The van der Waals surface area contributed by atoms with Gasteiger partial charge in [0, 0.05) is 63.0 Å². The van der Waals surface area contributed by atoms with Gasteiger partial charge in [0.2, 0.25) is 5.95 Å². The van der Waals surface area contributed by atoms with E-state index in [1.807, 2.05) is 12.1 Å². The molecule has 2 fully saturated rings. The number of nitrogens with one attached hydrogen (secondary N) is 1. The standard InChI is InChI=1S/C30H37Cl3N6O4/c1-37-9-11-38(12-10-37)19-5-7-39(8-6-19)24-13-22(31)23(14-25(24)40-2)36-30-34-16-20(17-35-30)43-18-21-28(32)26(41-3)15-27(42-4)29(21)33/h13-17,19H,5-12,18H2,1-4H3,(H,34,35,36). The molecule has 3 aromatic rings. The number of rotatable bonds is 10. The molecular weight excluding hydrogens is 615 g/mol. The third-order valence-corrected chi connectivity index (χ3v) is 9.19. The minimum absolute atomic E-state index is 0.0679. The van der Waals surface area contributed by atoms with Gasteiger partial charge in [-0.1, -0.05) is 34.8 Å². The fraction of sp³-hybridized carbons (Fsp3) is 0.467. The number of benzene rings is 2. The lowest BCUT2D eigenvalue weighted by Gasteiger charge is -2.42. The SMILES string of the molecule is COc1cc(Nc2ncc(OCc3c(Cl)c(OC)cc(OC)c3Cl)cn2)c(Cl)cc1N1CCC(N2CCN(C)CC2)CC1. The zero-order valence-electron chi connectivity index (χ0n) is 24.8. The highest BCUT2D eigenvalue weighted by molar-refractivity contribution is 6.37. The van der Waals surface area contributed by atoms with Crippen molar-refractivity contribution in [1.29, 1.82) is 0 Å². The summed E-state index contributed by atoms with van der Waals surface area (Å²) in [4.78, 5) is 16.2. The van der Waals surface area contributed by atoms with E-state index in [-0.39, 0.29) is 6.61 Å². The minimum Gasteiger partial charge on any atom is -0.495 e. The molecule has 0 bridgehead atoms. The second kappa shape index (κ2) is 14.3. The van der Waals surface area contributed by atoms with Crippen molar-refractivity contribution in [3.63, 3.8) is 0 Å². The molecule has 3 heterocycles. The number of piperidine rings is 1. The van der Waals surface area contributed by atoms with Gasteiger partial charge >= 0.3 is 0 Å². The Morgan fingerprint density at radius 2 is 1.42 bits per heavy atom. The summed E-state index contributed by atoms with van der Waals surface area (Å²) >= 11 is 19.6. The second-order valence-corrected chi connectivity index (χ2v) is 11.8. The molecule has 0 spiro atoms. The van der Waals surface area contributed by atoms with Crippen LogP contribution in [0.1, 0.15) is 18.4 Å². The van der Waals surface area contributed by atoms with Gasteiger partial charge in [-0.2, -0.15) is 0 Å². The summed E-state index contributed by atoms with van der Waals surface area (Å²) < 4.78 is 22.3. The Kier molecular flexibility index (Phi) is 10.5. The average molecular weight is 652 g/mol. The van der Waals surface area contributed by atoms with Crippen LogP contribution >= 0.6 is 34.8 Å². The molecule has 43 heavy (non-hydrogen) atoms. The molecule has 2 aromatic carbocycles. The third kappa shape index (κ3) is 7.26. The Morgan fingerprint density at radius 3 is 2.00 bits per heavy atom. The van der Waals surface area contributed by atoms with Gasteiger partial charge in [-0.25, -0.2) is 9.97 Å². The average Bonchev–Trinajstić information content (AvgIpc) is 3.03. The maximum absolute atomic E-state index is 6.74. The molecular formula is C30H37Cl3N6O4. The van der Waals surface area contributed by atoms with Gasteiger partial charge in [-0.3, -0.25) is 4.90 Å². The monoisotopic (exact) mass is 650 g/mol. The highest BCUT2D eigenvalue weighted by atomic mass is 35.5. The van der Waals surface area contributed by atoms with E-state index >= 15 is 0 Å². The molecule has 0 atom stereocenters. The van der Waals surface area contributed by atoms with Crippen LogP contribution in [0.2, 0.25) is 15.1 Å². The van der Waals surface area contributed by atoms with Gasteiger partial charge in [-0.05, 0) is 26.0 Å². The molecule has 2 saturated heterocycles. The van der Waals surface area contributed by atoms with Crippen molar-refractivity contribution in [3.8, 4) is 23.0 Å². The molecule has 2 aliphatic rings. The summed E-state index contributed by atoms with van der Waals surface area (Å²) in [6.07, 6.45) is 5.35. The first-order chi connectivity index (χ1) is 20.8. The zero-order chi connectivity index (χ0) is 30.5.